The van der Waals surface area contributed by atoms with Gasteiger partial charge in [0.25, 0.3) is 0 Å². The van der Waals surface area contributed by atoms with Gasteiger partial charge in [0.1, 0.15) is 0 Å². The van der Waals surface area contributed by atoms with Crippen molar-refractivity contribution in [3.05, 3.63) is 65.7 Å². The summed E-state index contributed by atoms with van der Waals surface area (Å²) >= 11 is 5.74. The molecule has 1 heterocycles. The van der Waals surface area contributed by atoms with Gasteiger partial charge >= 0.3 is 0 Å². The molecule has 2 aromatic rings. The molecule has 0 bridgehead atoms. The number of ether oxygens (including phenoxy) is 1. The van der Waals surface area contributed by atoms with Gasteiger partial charge in [0.05, 0.1) is 17.6 Å². The van der Waals surface area contributed by atoms with E-state index < -0.39 is 10.0 Å². The Morgan fingerprint density at radius 2 is 1.79 bits per heavy atom. The summed E-state index contributed by atoms with van der Waals surface area (Å²) < 4.78 is 33.1. The molecule has 3 rings (SSSR count). The minimum Gasteiger partial charge on any atom is -0.367 e. The third-order valence-electron chi connectivity index (χ3n) is 4.09. The monoisotopic (exact) mass is 365 g/mol. The number of hydrogen-bond acceptors (Lipinski definition) is 3. The molecule has 1 aliphatic rings. The summed E-state index contributed by atoms with van der Waals surface area (Å²) in [6, 6.07) is 17.0. The molecule has 0 saturated heterocycles. The van der Waals surface area contributed by atoms with E-state index in [1.165, 1.54) is 4.31 Å². The van der Waals surface area contributed by atoms with Gasteiger partial charge in [-0.05, 0) is 18.1 Å². The van der Waals surface area contributed by atoms with Gasteiger partial charge in [0.15, 0.2) is 0 Å². The van der Waals surface area contributed by atoms with E-state index in [2.05, 4.69) is 0 Å². The number of benzene rings is 2. The molecule has 0 spiro atoms. The summed E-state index contributed by atoms with van der Waals surface area (Å²) in [5.41, 5.74) is 1.80. The van der Waals surface area contributed by atoms with Crippen LogP contribution in [0.1, 0.15) is 23.7 Å². The zero-order valence-corrected chi connectivity index (χ0v) is 14.8. The molecule has 0 saturated carbocycles. The lowest BCUT2D eigenvalue weighted by molar-refractivity contribution is 0.0224. The maximum absolute atomic E-state index is 12.8. The zero-order chi connectivity index (χ0) is 17.0. The molecule has 1 aliphatic heterocycles. The lowest BCUT2D eigenvalue weighted by atomic mass is 10.1. The van der Waals surface area contributed by atoms with Crippen molar-refractivity contribution >= 4 is 21.6 Å². The molecular weight excluding hydrogens is 346 g/mol. The fourth-order valence-electron chi connectivity index (χ4n) is 2.86. The van der Waals surface area contributed by atoms with Gasteiger partial charge in [0.2, 0.25) is 10.0 Å². The van der Waals surface area contributed by atoms with Crippen molar-refractivity contribution in [2.45, 2.75) is 24.0 Å². The van der Waals surface area contributed by atoms with Crippen molar-refractivity contribution < 1.29 is 13.2 Å². The van der Waals surface area contributed by atoms with E-state index in [9.17, 15) is 8.42 Å². The molecule has 0 fully saturated rings. The third-order valence-corrected chi connectivity index (χ3v) is 6.29. The third kappa shape index (κ3) is 3.64. The molecule has 0 N–H and O–H groups in total. The molecular formula is C18H20ClNO3S. The average Bonchev–Trinajstić information content (AvgIpc) is 2.61. The predicted molar refractivity (Wildman–Crippen MR) is 94.5 cm³/mol. The van der Waals surface area contributed by atoms with Crippen molar-refractivity contribution in [1.29, 1.82) is 0 Å². The highest BCUT2D eigenvalue weighted by molar-refractivity contribution is 7.89. The fraction of sp³-hybridized carbons (Fsp3) is 0.333. The van der Waals surface area contributed by atoms with Crippen LogP contribution >= 0.6 is 11.6 Å². The number of halogens is 1. The molecule has 0 aliphatic carbocycles. The van der Waals surface area contributed by atoms with Crippen LogP contribution in [0.4, 0.5) is 0 Å². The second kappa shape index (κ2) is 7.66. The van der Waals surface area contributed by atoms with E-state index in [1.54, 1.807) is 12.1 Å². The smallest absolute Gasteiger partial charge is 0.243 e. The largest absolute Gasteiger partial charge is 0.367 e. The first-order chi connectivity index (χ1) is 11.6. The second-order valence-electron chi connectivity index (χ2n) is 5.73. The Bertz CT molecular complexity index is 780. The predicted octanol–water partition coefficient (Wildman–Crippen LogP) is 3.58. The highest BCUT2D eigenvalue weighted by Gasteiger charge is 2.36. The van der Waals surface area contributed by atoms with E-state index in [-0.39, 0.29) is 6.10 Å². The average molecular weight is 366 g/mol. The first-order valence-electron chi connectivity index (χ1n) is 7.93. The normalized spacial score (nSPS) is 19.8. The number of hydrogen-bond donors (Lipinski definition) is 0. The number of sulfonamides is 1. The van der Waals surface area contributed by atoms with Gasteiger partial charge in [-0.2, -0.15) is 4.31 Å². The summed E-state index contributed by atoms with van der Waals surface area (Å²) in [5.74, 6) is 0.434. The van der Waals surface area contributed by atoms with E-state index in [0.29, 0.717) is 36.9 Å². The number of nitrogens with zero attached hydrogens (tertiary/aromatic N) is 1. The molecule has 128 valence electrons. The quantitative estimate of drug-likeness (QED) is 0.735. The van der Waals surface area contributed by atoms with Crippen LogP contribution in [0.5, 0.6) is 0 Å². The minimum atomic E-state index is -3.48. The van der Waals surface area contributed by atoms with E-state index in [4.69, 9.17) is 16.3 Å². The Morgan fingerprint density at radius 3 is 2.54 bits per heavy atom. The van der Waals surface area contributed by atoms with Crippen LogP contribution in [0.2, 0.25) is 0 Å². The van der Waals surface area contributed by atoms with Crippen LogP contribution in [-0.2, 0) is 21.4 Å². The summed E-state index contributed by atoms with van der Waals surface area (Å²) in [6.45, 7) is 1.18. The molecule has 0 aromatic heterocycles. The first kappa shape index (κ1) is 17.4. The minimum absolute atomic E-state index is 0.278. The SMILES string of the molecule is O=S1(=O)c2ccccc2C(OCc2ccccc2)CN1CCCCl. The van der Waals surface area contributed by atoms with Crippen LogP contribution in [0.25, 0.3) is 0 Å². The van der Waals surface area contributed by atoms with Gasteiger partial charge < -0.3 is 4.74 Å². The van der Waals surface area contributed by atoms with Gasteiger partial charge in [-0.15, -0.1) is 11.6 Å². The lowest BCUT2D eigenvalue weighted by Gasteiger charge is -2.33. The second-order valence-corrected chi connectivity index (χ2v) is 8.01. The van der Waals surface area contributed by atoms with Crippen molar-refractivity contribution in [2.24, 2.45) is 0 Å². The van der Waals surface area contributed by atoms with Crippen LogP contribution in [0, 0.1) is 0 Å². The molecule has 0 amide bonds. The zero-order valence-electron chi connectivity index (χ0n) is 13.3. The highest BCUT2D eigenvalue weighted by Crippen LogP contribution is 2.34. The van der Waals surface area contributed by atoms with Crippen LogP contribution in [0.3, 0.4) is 0 Å². The molecule has 4 nitrogen and oxygen atoms in total. The van der Waals surface area contributed by atoms with Crippen LogP contribution in [0.15, 0.2) is 59.5 Å². The maximum Gasteiger partial charge on any atom is 0.243 e. The van der Waals surface area contributed by atoms with Crippen molar-refractivity contribution in [1.82, 2.24) is 4.31 Å². The topological polar surface area (TPSA) is 46.6 Å². The fourth-order valence-corrected chi connectivity index (χ4v) is 4.71. The Balaban J connectivity index is 1.85. The first-order valence-corrected chi connectivity index (χ1v) is 9.91. The van der Waals surface area contributed by atoms with Gasteiger partial charge in [-0.3, -0.25) is 0 Å². The Hall–Kier alpha value is -1.40. The lowest BCUT2D eigenvalue weighted by Crippen LogP contribution is -2.41. The Morgan fingerprint density at radius 1 is 1.08 bits per heavy atom. The van der Waals surface area contributed by atoms with E-state index in [0.717, 1.165) is 11.1 Å². The summed E-state index contributed by atoms with van der Waals surface area (Å²) in [7, 11) is -3.48. The van der Waals surface area contributed by atoms with E-state index in [1.807, 2.05) is 42.5 Å². The molecule has 2 aromatic carbocycles. The van der Waals surface area contributed by atoms with Gasteiger partial charge in [0, 0.05) is 24.5 Å². The van der Waals surface area contributed by atoms with Gasteiger partial charge in [-0.25, -0.2) is 8.42 Å². The summed E-state index contributed by atoms with van der Waals surface area (Å²) in [5, 5.41) is 0. The molecule has 1 atom stereocenters. The number of rotatable bonds is 6. The van der Waals surface area contributed by atoms with Crippen molar-refractivity contribution in [3.63, 3.8) is 0 Å². The summed E-state index contributed by atoms with van der Waals surface area (Å²) in [6.07, 6.45) is 0.342. The van der Waals surface area contributed by atoms with Crippen LogP contribution in [-0.4, -0.2) is 31.7 Å². The van der Waals surface area contributed by atoms with Gasteiger partial charge in [-0.1, -0.05) is 48.5 Å². The molecule has 1 unspecified atom stereocenters. The van der Waals surface area contributed by atoms with Crippen molar-refractivity contribution in [2.75, 3.05) is 19.0 Å². The van der Waals surface area contributed by atoms with Crippen LogP contribution < -0.4 is 0 Å². The standard InChI is InChI=1S/C18H20ClNO3S/c19-11-6-12-20-13-17(23-14-15-7-2-1-3-8-15)16-9-4-5-10-18(16)24(20,21)22/h1-5,7-10,17H,6,11-14H2. The Kier molecular flexibility index (Phi) is 5.56. The molecule has 24 heavy (non-hydrogen) atoms. The number of fused-ring (bicyclic) bond motifs is 1. The summed E-state index contributed by atoms with van der Waals surface area (Å²) in [4.78, 5) is 0.337. The highest BCUT2D eigenvalue weighted by atomic mass is 35.5. The molecule has 0 radical (unpaired) electrons. The van der Waals surface area contributed by atoms with Crippen molar-refractivity contribution in [3.8, 4) is 0 Å². The maximum atomic E-state index is 12.8. The molecule has 6 heteroatoms. The Labute approximate surface area is 148 Å². The number of alkyl halides is 1. The van der Waals surface area contributed by atoms with E-state index >= 15 is 0 Å².